The summed E-state index contributed by atoms with van der Waals surface area (Å²) in [6.45, 7) is 8.06. The monoisotopic (exact) mass is 269 g/mol. The Morgan fingerprint density at radius 2 is 1.80 bits per heavy atom. The summed E-state index contributed by atoms with van der Waals surface area (Å²) >= 11 is 0. The maximum Gasteiger partial charge on any atom is 0.226 e. The molecule has 2 heteroatoms. The molecule has 0 aliphatic carbocycles. The minimum absolute atomic E-state index is 0.0134. The summed E-state index contributed by atoms with van der Waals surface area (Å²) < 4.78 is 0. The quantitative estimate of drug-likeness (QED) is 0.872. The number of rotatable bonds is 4. The average molecular weight is 269 g/mol. The van der Waals surface area contributed by atoms with Gasteiger partial charge >= 0.3 is 0 Å². The van der Waals surface area contributed by atoms with Crippen LogP contribution in [0.4, 0.5) is 0 Å². The Bertz CT molecular complexity index is 610. The minimum Gasteiger partial charge on any atom is -0.349 e. The Labute approximate surface area is 121 Å². The number of nitrogens with one attached hydrogen (secondary N) is 1. The van der Waals surface area contributed by atoms with Gasteiger partial charge in [0.15, 0.2) is 0 Å². The normalized spacial score (nSPS) is 13.2. The average Bonchev–Trinajstić information content (AvgIpc) is 2.46. The van der Waals surface area contributed by atoms with Crippen molar-refractivity contribution in [1.82, 2.24) is 5.32 Å². The Kier molecular flexibility index (Phi) is 4.12. The van der Waals surface area contributed by atoms with Gasteiger partial charge in [0.2, 0.25) is 5.91 Å². The van der Waals surface area contributed by atoms with Crippen LogP contribution in [0, 0.1) is 5.41 Å². The Morgan fingerprint density at radius 1 is 1.15 bits per heavy atom. The lowest BCUT2D eigenvalue weighted by Gasteiger charge is -2.25. The highest BCUT2D eigenvalue weighted by atomic mass is 16.2. The van der Waals surface area contributed by atoms with E-state index in [-0.39, 0.29) is 17.4 Å². The van der Waals surface area contributed by atoms with Crippen LogP contribution in [0.3, 0.4) is 0 Å². The number of hydrogen-bond acceptors (Lipinski definition) is 1. The zero-order valence-corrected chi connectivity index (χ0v) is 12.7. The van der Waals surface area contributed by atoms with Gasteiger partial charge in [-0.3, -0.25) is 4.79 Å². The van der Waals surface area contributed by atoms with E-state index in [2.05, 4.69) is 29.6 Å². The van der Waals surface area contributed by atoms with Gasteiger partial charge in [0.05, 0.1) is 6.04 Å². The molecule has 20 heavy (non-hydrogen) atoms. The summed E-state index contributed by atoms with van der Waals surface area (Å²) in [5.41, 5.74) is 0.849. The molecule has 0 bridgehead atoms. The van der Waals surface area contributed by atoms with E-state index < -0.39 is 0 Å². The van der Waals surface area contributed by atoms with E-state index in [1.165, 1.54) is 16.3 Å². The lowest BCUT2D eigenvalue weighted by atomic mass is 9.88. The molecule has 0 heterocycles. The van der Waals surface area contributed by atoms with Crippen molar-refractivity contribution >= 4 is 16.7 Å². The van der Waals surface area contributed by atoms with Crippen molar-refractivity contribution < 1.29 is 4.79 Å². The van der Waals surface area contributed by atoms with Crippen LogP contribution in [0.5, 0.6) is 0 Å². The molecular formula is C18H23NO. The van der Waals surface area contributed by atoms with Crippen molar-refractivity contribution in [2.45, 2.75) is 40.2 Å². The molecule has 0 fully saturated rings. The zero-order chi connectivity index (χ0) is 14.8. The summed E-state index contributed by atoms with van der Waals surface area (Å²) in [5.74, 6) is 0.112. The van der Waals surface area contributed by atoms with Crippen molar-refractivity contribution in [3.05, 3.63) is 48.0 Å². The molecule has 1 N–H and O–H groups in total. The topological polar surface area (TPSA) is 29.1 Å². The van der Waals surface area contributed by atoms with Crippen molar-refractivity contribution in [2.24, 2.45) is 5.41 Å². The molecule has 1 atom stereocenters. The van der Waals surface area contributed by atoms with Gasteiger partial charge in [-0.15, -0.1) is 0 Å². The van der Waals surface area contributed by atoms with Crippen LogP contribution < -0.4 is 5.32 Å². The SMILES string of the molecule is CCC(C)(C)C(=O)NC(C)c1cccc2ccccc12. The predicted molar refractivity (Wildman–Crippen MR) is 84.6 cm³/mol. The summed E-state index contributed by atoms with van der Waals surface area (Å²) in [4.78, 5) is 12.3. The number of amides is 1. The molecule has 0 saturated carbocycles. The second-order valence-electron chi connectivity index (χ2n) is 6.00. The number of benzene rings is 2. The first-order chi connectivity index (χ1) is 9.45. The van der Waals surface area contributed by atoms with Crippen LogP contribution in [0.15, 0.2) is 42.5 Å². The highest BCUT2D eigenvalue weighted by Crippen LogP contribution is 2.26. The largest absolute Gasteiger partial charge is 0.349 e. The molecule has 0 spiro atoms. The molecule has 1 amide bonds. The second kappa shape index (κ2) is 5.66. The van der Waals surface area contributed by atoms with Gasteiger partial charge < -0.3 is 5.32 Å². The maximum absolute atomic E-state index is 12.3. The highest BCUT2D eigenvalue weighted by molar-refractivity contribution is 5.87. The van der Waals surface area contributed by atoms with E-state index in [0.717, 1.165) is 6.42 Å². The van der Waals surface area contributed by atoms with Crippen LogP contribution in [0.2, 0.25) is 0 Å². The van der Waals surface area contributed by atoms with E-state index in [4.69, 9.17) is 0 Å². The number of fused-ring (bicyclic) bond motifs is 1. The Morgan fingerprint density at radius 3 is 2.50 bits per heavy atom. The van der Waals surface area contributed by atoms with E-state index in [1.807, 2.05) is 45.9 Å². The summed E-state index contributed by atoms with van der Waals surface area (Å²) in [7, 11) is 0. The maximum atomic E-state index is 12.3. The summed E-state index contributed by atoms with van der Waals surface area (Å²) in [5, 5.41) is 5.56. The fraction of sp³-hybridized carbons (Fsp3) is 0.389. The third-order valence-electron chi connectivity index (χ3n) is 4.14. The molecule has 2 rings (SSSR count). The lowest BCUT2D eigenvalue weighted by molar-refractivity contribution is -0.130. The minimum atomic E-state index is -0.321. The standard InChI is InChI=1S/C18H23NO/c1-5-18(3,4)17(20)19-13(2)15-12-8-10-14-9-6-7-11-16(14)15/h6-13H,5H2,1-4H3,(H,19,20). The van der Waals surface area contributed by atoms with Crippen molar-refractivity contribution in [1.29, 1.82) is 0 Å². The van der Waals surface area contributed by atoms with Gasteiger partial charge in [-0.1, -0.05) is 63.2 Å². The summed E-state index contributed by atoms with van der Waals surface area (Å²) in [6.07, 6.45) is 0.834. The van der Waals surface area contributed by atoms with Crippen LogP contribution in [0.1, 0.15) is 45.7 Å². The molecule has 0 aliphatic heterocycles. The summed E-state index contributed by atoms with van der Waals surface area (Å²) in [6, 6.07) is 14.5. The van der Waals surface area contributed by atoms with Gasteiger partial charge in [-0.05, 0) is 29.7 Å². The van der Waals surface area contributed by atoms with Gasteiger partial charge in [0.1, 0.15) is 0 Å². The molecule has 2 nitrogen and oxygen atoms in total. The fourth-order valence-electron chi connectivity index (χ4n) is 2.26. The van der Waals surface area contributed by atoms with E-state index in [9.17, 15) is 4.79 Å². The van der Waals surface area contributed by atoms with Crippen LogP contribution in [-0.2, 0) is 4.79 Å². The second-order valence-corrected chi connectivity index (χ2v) is 6.00. The molecular weight excluding hydrogens is 246 g/mol. The molecule has 106 valence electrons. The van der Waals surface area contributed by atoms with Crippen molar-refractivity contribution in [3.8, 4) is 0 Å². The van der Waals surface area contributed by atoms with Crippen molar-refractivity contribution in [3.63, 3.8) is 0 Å². The Hall–Kier alpha value is -1.83. The van der Waals surface area contributed by atoms with E-state index >= 15 is 0 Å². The van der Waals surface area contributed by atoms with Gasteiger partial charge in [0.25, 0.3) is 0 Å². The molecule has 0 aromatic heterocycles. The van der Waals surface area contributed by atoms with E-state index in [0.29, 0.717) is 0 Å². The van der Waals surface area contributed by atoms with Crippen LogP contribution in [0.25, 0.3) is 10.8 Å². The molecule has 2 aromatic rings. The Balaban J connectivity index is 2.28. The molecule has 0 saturated heterocycles. The van der Waals surface area contributed by atoms with Gasteiger partial charge in [-0.25, -0.2) is 0 Å². The molecule has 0 radical (unpaired) electrons. The smallest absolute Gasteiger partial charge is 0.226 e. The first kappa shape index (κ1) is 14.6. The molecule has 2 aromatic carbocycles. The highest BCUT2D eigenvalue weighted by Gasteiger charge is 2.26. The van der Waals surface area contributed by atoms with Gasteiger partial charge in [0, 0.05) is 5.41 Å². The first-order valence-corrected chi connectivity index (χ1v) is 7.24. The third-order valence-corrected chi connectivity index (χ3v) is 4.14. The number of carbonyl (C=O) groups is 1. The molecule has 1 unspecified atom stereocenters. The van der Waals surface area contributed by atoms with Crippen LogP contribution in [-0.4, -0.2) is 5.91 Å². The lowest BCUT2D eigenvalue weighted by Crippen LogP contribution is -2.37. The fourth-order valence-corrected chi connectivity index (χ4v) is 2.26. The van der Waals surface area contributed by atoms with Crippen LogP contribution >= 0.6 is 0 Å². The first-order valence-electron chi connectivity index (χ1n) is 7.24. The number of carbonyl (C=O) groups excluding carboxylic acids is 1. The zero-order valence-electron chi connectivity index (χ0n) is 12.7. The van der Waals surface area contributed by atoms with Crippen molar-refractivity contribution in [2.75, 3.05) is 0 Å². The molecule has 0 aliphatic rings. The van der Waals surface area contributed by atoms with E-state index in [1.54, 1.807) is 0 Å². The number of hydrogen-bond donors (Lipinski definition) is 1. The van der Waals surface area contributed by atoms with Gasteiger partial charge in [-0.2, -0.15) is 0 Å². The third kappa shape index (κ3) is 2.84. The predicted octanol–water partition coefficient (Wildman–Crippen LogP) is 4.45.